The molecule has 2 rings (SSSR count). The van der Waals surface area contributed by atoms with Crippen LogP contribution in [0.2, 0.25) is 0 Å². The highest BCUT2D eigenvalue weighted by molar-refractivity contribution is 5.21. The number of rotatable bonds is 3. The van der Waals surface area contributed by atoms with Crippen molar-refractivity contribution in [3.8, 4) is 0 Å². The van der Waals surface area contributed by atoms with Gasteiger partial charge in [0.2, 0.25) is 0 Å². The lowest BCUT2D eigenvalue weighted by molar-refractivity contribution is 0.106. The molecule has 1 heterocycles. The van der Waals surface area contributed by atoms with Crippen LogP contribution >= 0.6 is 0 Å². The van der Waals surface area contributed by atoms with Crippen molar-refractivity contribution in [3.63, 3.8) is 0 Å². The van der Waals surface area contributed by atoms with Crippen molar-refractivity contribution in [2.45, 2.75) is 31.9 Å². The summed E-state index contributed by atoms with van der Waals surface area (Å²) in [6, 6.07) is 4.32. The second-order valence-corrected chi connectivity index (χ2v) is 4.65. The molecule has 4 heteroatoms. The maximum absolute atomic E-state index is 13.5. The van der Waals surface area contributed by atoms with Gasteiger partial charge in [0.1, 0.15) is 0 Å². The summed E-state index contributed by atoms with van der Waals surface area (Å²) < 4.78 is 26.5. The first-order valence-corrected chi connectivity index (χ1v) is 5.95. The Kier molecular flexibility index (Phi) is 3.74. The minimum atomic E-state index is -0.966. The smallest absolute Gasteiger partial charge is 0.164 e. The first kappa shape index (κ1) is 12.5. The van der Waals surface area contributed by atoms with E-state index in [4.69, 9.17) is 0 Å². The predicted molar refractivity (Wildman–Crippen MR) is 61.6 cm³/mol. The van der Waals surface area contributed by atoms with E-state index in [1.54, 1.807) is 0 Å². The van der Waals surface area contributed by atoms with Crippen LogP contribution in [-0.2, 0) is 0 Å². The SMILES string of the molecule is CC1CCCN1CC(O)c1cccc(F)c1F. The van der Waals surface area contributed by atoms with Gasteiger partial charge in [0.05, 0.1) is 6.10 Å². The van der Waals surface area contributed by atoms with Crippen LogP contribution in [0.4, 0.5) is 8.78 Å². The van der Waals surface area contributed by atoms with Crippen molar-refractivity contribution in [3.05, 3.63) is 35.4 Å². The highest BCUT2D eigenvalue weighted by Gasteiger charge is 2.24. The Hall–Kier alpha value is -1.00. The summed E-state index contributed by atoms with van der Waals surface area (Å²) in [6.45, 7) is 3.36. The minimum Gasteiger partial charge on any atom is -0.387 e. The summed E-state index contributed by atoms with van der Waals surface area (Å²) in [5, 5.41) is 9.96. The fourth-order valence-electron chi connectivity index (χ4n) is 2.36. The molecule has 17 heavy (non-hydrogen) atoms. The molecule has 1 aromatic carbocycles. The molecule has 0 saturated carbocycles. The molecule has 0 aliphatic carbocycles. The molecule has 1 aliphatic heterocycles. The van der Waals surface area contributed by atoms with E-state index in [0.717, 1.165) is 25.5 Å². The molecular weight excluding hydrogens is 224 g/mol. The molecule has 2 unspecified atom stereocenters. The maximum Gasteiger partial charge on any atom is 0.164 e. The van der Waals surface area contributed by atoms with Crippen LogP contribution in [0.5, 0.6) is 0 Å². The van der Waals surface area contributed by atoms with Gasteiger partial charge in [-0.15, -0.1) is 0 Å². The Labute approximate surface area is 99.9 Å². The van der Waals surface area contributed by atoms with Crippen molar-refractivity contribution < 1.29 is 13.9 Å². The summed E-state index contributed by atoms with van der Waals surface area (Å²) in [4.78, 5) is 2.11. The predicted octanol–water partition coefficient (Wildman–Crippen LogP) is 2.48. The van der Waals surface area contributed by atoms with E-state index >= 15 is 0 Å². The van der Waals surface area contributed by atoms with Gasteiger partial charge in [-0.1, -0.05) is 12.1 Å². The first-order valence-electron chi connectivity index (χ1n) is 5.95. The van der Waals surface area contributed by atoms with Crippen LogP contribution in [0.3, 0.4) is 0 Å². The van der Waals surface area contributed by atoms with Crippen molar-refractivity contribution in [1.82, 2.24) is 4.90 Å². The Morgan fingerprint density at radius 1 is 1.47 bits per heavy atom. The lowest BCUT2D eigenvalue weighted by atomic mass is 10.1. The molecule has 0 aromatic heterocycles. The highest BCUT2D eigenvalue weighted by atomic mass is 19.2. The third-order valence-corrected chi connectivity index (χ3v) is 3.44. The fourth-order valence-corrected chi connectivity index (χ4v) is 2.36. The van der Waals surface area contributed by atoms with Gasteiger partial charge in [-0.2, -0.15) is 0 Å². The molecule has 0 spiro atoms. The standard InChI is InChI=1S/C13H17F2NO/c1-9-4-3-7-16(9)8-12(17)10-5-2-6-11(14)13(10)15/h2,5-6,9,12,17H,3-4,7-8H2,1H3. The topological polar surface area (TPSA) is 23.5 Å². The number of likely N-dealkylation sites (tertiary alicyclic amines) is 1. The quantitative estimate of drug-likeness (QED) is 0.878. The van der Waals surface area contributed by atoms with Crippen LogP contribution in [0.15, 0.2) is 18.2 Å². The molecule has 1 aliphatic rings. The molecule has 2 atom stereocenters. The van der Waals surface area contributed by atoms with Gasteiger partial charge in [0.15, 0.2) is 11.6 Å². The molecule has 1 N–H and O–H groups in total. The number of aliphatic hydroxyl groups excluding tert-OH is 1. The Balaban J connectivity index is 2.09. The first-order chi connectivity index (χ1) is 8.09. The van der Waals surface area contributed by atoms with Crippen molar-refractivity contribution in [2.24, 2.45) is 0 Å². The lowest BCUT2D eigenvalue weighted by Crippen LogP contribution is -2.31. The summed E-state index contributed by atoms with van der Waals surface area (Å²) in [5.41, 5.74) is 0.0455. The third kappa shape index (κ3) is 2.64. The fraction of sp³-hybridized carbons (Fsp3) is 0.538. The number of hydrogen-bond donors (Lipinski definition) is 1. The average Bonchev–Trinajstić information content (AvgIpc) is 2.68. The molecule has 0 radical (unpaired) electrons. The monoisotopic (exact) mass is 241 g/mol. The number of halogens is 2. The van der Waals surface area contributed by atoms with Crippen LogP contribution in [0, 0.1) is 11.6 Å². The van der Waals surface area contributed by atoms with Gasteiger partial charge in [0.25, 0.3) is 0 Å². The molecule has 1 aromatic rings. The number of nitrogens with zero attached hydrogens (tertiary/aromatic N) is 1. The van der Waals surface area contributed by atoms with E-state index in [1.807, 2.05) is 0 Å². The number of benzene rings is 1. The molecule has 2 nitrogen and oxygen atoms in total. The van der Waals surface area contributed by atoms with Crippen LogP contribution in [0.25, 0.3) is 0 Å². The van der Waals surface area contributed by atoms with Gasteiger partial charge in [0, 0.05) is 18.2 Å². The maximum atomic E-state index is 13.5. The van der Waals surface area contributed by atoms with E-state index in [-0.39, 0.29) is 5.56 Å². The second kappa shape index (κ2) is 5.10. The van der Waals surface area contributed by atoms with Crippen molar-refractivity contribution in [2.75, 3.05) is 13.1 Å². The summed E-state index contributed by atoms with van der Waals surface area (Å²) in [7, 11) is 0. The molecule has 1 fully saturated rings. The van der Waals surface area contributed by atoms with Gasteiger partial charge in [-0.25, -0.2) is 8.78 Å². The second-order valence-electron chi connectivity index (χ2n) is 4.65. The van der Waals surface area contributed by atoms with Gasteiger partial charge in [-0.05, 0) is 32.4 Å². The van der Waals surface area contributed by atoms with E-state index in [0.29, 0.717) is 12.6 Å². The summed E-state index contributed by atoms with van der Waals surface area (Å²) >= 11 is 0. The molecule has 0 amide bonds. The van der Waals surface area contributed by atoms with Gasteiger partial charge in [-0.3, -0.25) is 4.90 Å². The van der Waals surface area contributed by atoms with E-state index in [2.05, 4.69) is 11.8 Å². The summed E-state index contributed by atoms with van der Waals surface area (Å²) in [6.07, 6.45) is 1.23. The zero-order chi connectivity index (χ0) is 12.4. The van der Waals surface area contributed by atoms with Crippen LogP contribution in [-0.4, -0.2) is 29.1 Å². The Morgan fingerprint density at radius 2 is 2.24 bits per heavy atom. The van der Waals surface area contributed by atoms with E-state index in [9.17, 15) is 13.9 Å². The van der Waals surface area contributed by atoms with Crippen molar-refractivity contribution in [1.29, 1.82) is 0 Å². The van der Waals surface area contributed by atoms with Crippen LogP contribution < -0.4 is 0 Å². The Bertz CT molecular complexity index is 397. The average molecular weight is 241 g/mol. The number of hydrogen-bond acceptors (Lipinski definition) is 2. The molecular formula is C13H17F2NO. The van der Waals surface area contributed by atoms with Gasteiger partial charge < -0.3 is 5.11 Å². The number of β-amino-alcohol motifs (C(OH)–C–C–N with tert-alkyl or cyclic N) is 1. The zero-order valence-corrected chi connectivity index (χ0v) is 9.87. The molecule has 94 valence electrons. The number of aliphatic hydroxyl groups is 1. The minimum absolute atomic E-state index is 0.0455. The van der Waals surface area contributed by atoms with Gasteiger partial charge >= 0.3 is 0 Å². The third-order valence-electron chi connectivity index (χ3n) is 3.44. The van der Waals surface area contributed by atoms with E-state index in [1.165, 1.54) is 12.1 Å². The summed E-state index contributed by atoms with van der Waals surface area (Å²) in [5.74, 6) is -1.84. The zero-order valence-electron chi connectivity index (χ0n) is 9.87. The normalized spacial score (nSPS) is 22.9. The lowest BCUT2D eigenvalue weighted by Gasteiger charge is -2.24. The Morgan fingerprint density at radius 3 is 2.88 bits per heavy atom. The molecule has 1 saturated heterocycles. The van der Waals surface area contributed by atoms with Crippen molar-refractivity contribution >= 4 is 0 Å². The highest BCUT2D eigenvalue weighted by Crippen LogP contribution is 2.24. The van der Waals surface area contributed by atoms with Crippen LogP contribution in [0.1, 0.15) is 31.4 Å². The molecule has 0 bridgehead atoms. The van der Waals surface area contributed by atoms with E-state index < -0.39 is 17.7 Å². The largest absolute Gasteiger partial charge is 0.387 e.